The zero-order valence-electron chi connectivity index (χ0n) is 7.67. The van der Waals surface area contributed by atoms with Crippen molar-refractivity contribution in [3.05, 3.63) is 0 Å². The van der Waals surface area contributed by atoms with E-state index < -0.39 is 0 Å². The minimum absolute atomic E-state index is 0.570. The van der Waals surface area contributed by atoms with E-state index in [2.05, 4.69) is 17.2 Å². The van der Waals surface area contributed by atoms with E-state index in [1.54, 1.807) is 11.8 Å². The molecule has 1 heterocycles. The molecule has 12 heavy (non-hydrogen) atoms. The summed E-state index contributed by atoms with van der Waals surface area (Å²) < 4.78 is 5.18. The molecule has 0 aromatic heterocycles. The lowest BCUT2D eigenvalue weighted by Crippen LogP contribution is -2.23. The largest absolute Gasteiger partial charge is 0.380 e. The third kappa shape index (κ3) is 3.45. The van der Waals surface area contributed by atoms with Gasteiger partial charge in [0, 0.05) is 18.4 Å². The zero-order chi connectivity index (χ0) is 8.81. The van der Waals surface area contributed by atoms with Crippen LogP contribution in [0.3, 0.4) is 0 Å². The number of nitrogens with zero attached hydrogens (tertiary/aromatic N) is 1. The molecule has 0 aromatic carbocycles. The second-order valence-electron chi connectivity index (χ2n) is 2.74. The highest BCUT2D eigenvalue weighted by atomic mass is 32.2. The lowest BCUT2D eigenvalue weighted by atomic mass is 10.4. The first-order valence-corrected chi connectivity index (χ1v) is 5.33. The number of ether oxygens (including phenoxy) is 1. The quantitative estimate of drug-likeness (QED) is 0.671. The number of aliphatic imine (C=N–C) groups is 1. The highest BCUT2D eigenvalue weighted by Gasteiger charge is 2.14. The average Bonchev–Trinajstić information content (AvgIpc) is 2.45. The van der Waals surface area contributed by atoms with Crippen molar-refractivity contribution in [3.63, 3.8) is 0 Å². The Hall–Kier alpha value is -0.220. The third-order valence-corrected chi connectivity index (χ3v) is 2.72. The van der Waals surface area contributed by atoms with Crippen LogP contribution in [-0.4, -0.2) is 36.7 Å². The first kappa shape index (κ1) is 9.86. The van der Waals surface area contributed by atoms with Crippen molar-refractivity contribution in [1.82, 2.24) is 5.32 Å². The Kier molecular flexibility index (Phi) is 4.46. The summed E-state index contributed by atoms with van der Waals surface area (Å²) >= 11 is 1.79. The molecule has 1 atom stereocenters. The van der Waals surface area contributed by atoms with E-state index in [-0.39, 0.29) is 0 Å². The van der Waals surface area contributed by atoms with Gasteiger partial charge in [-0.1, -0.05) is 11.8 Å². The van der Waals surface area contributed by atoms with Crippen LogP contribution >= 0.6 is 11.8 Å². The van der Waals surface area contributed by atoms with Crippen molar-refractivity contribution in [3.8, 4) is 0 Å². The fourth-order valence-electron chi connectivity index (χ4n) is 0.945. The Labute approximate surface area is 78.0 Å². The van der Waals surface area contributed by atoms with E-state index in [9.17, 15) is 0 Å². The fraction of sp³-hybridized carbons (Fsp3) is 0.875. The Balaban J connectivity index is 2.11. The molecule has 1 rings (SSSR count). The standard InChI is InChI=1S/C8H16N2OS/c1-3-11-5-4-9-8-10-7(2)6-12-8/h7H,3-6H2,1-2H3,(H,9,10). The molecule has 0 saturated carbocycles. The van der Waals surface area contributed by atoms with Crippen molar-refractivity contribution in [2.45, 2.75) is 19.9 Å². The summed E-state index contributed by atoms with van der Waals surface area (Å²) in [5.74, 6) is 1.13. The van der Waals surface area contributed by atoms with Gasteiger partial charge in [-0.25, -0.2) is 0 Å². The van der Waals surface area contributed by atoms with Crippen LogP contribution in [0.25, 0.3) is 0 Å². The van der Waals surface area contributed by atoms with Crippen LogP contribution < -0.4 is 5.32 Å². The van der Waals surface area contributed by atoms with Gasteiger partial charge in [-0.3, -0.25) is 4.99 Å². The van der Waals surface area contributed by atoms with Crippen LogP contribution in [0.1, 0.15) is 13.8 Å². The van der Waals surface area contributed by atoms with Crippen molar-refractivity contribution in [2.24, 2.45) is 4.99 Å². The molecule has 1 aliphatic heterocycles. The van der Waals surface area contributed by atoms with Crippen LogP contribution in [0.2, 0.25) is 0 Å². The van der Waals surface area contributed by atoms with E-state index in [1.807, 2.05) is 6.92 Å². The summed E-state index contributed by atoms with van der Waals surface area (Å²) in [5.41, 5.74) is 0. The molecular weight excluding hydrogens is 172 g/mol. The van der Waals surface area contributed by atoms with Gasteiger partial charge < -0.3 is 10.1 Å². The molecule has 0 spiro atoms. The molecule has 70 valence electrons. The molecule has 3 nitrogen and oxygen atoms in total. The zero-order valence-corrected chi connectivity index (χ0v) is 8.49. The second-order valence-corrected chi connectivity index (χ2v) is 3.75. The lowest BCUT2D eigenvalue weighted by molar-refractivity contribution is 0.156. The maximum atomic E-state index is 5.18. The van der Waals surface area contributed by atoms with Gasteiger partial charge in [0.2, 0.25) is 0 Å². The molecule has 1 N–H and O–H groups in total. The first-order valence-electron chi connectivity index (χ1n) is 4.34. The molecular formula is C8H16N2OS. The Bertz CT molecular complexity index is 161. The molecule has 0 aromatic rings. The van der Waals surface area contributed by atoms with Crippen molar-refractivity contribution in [2.75, 3.05) is 25.5 Å². The van der Waals surface area contributed by atoms with Gasteiger partial charge in [0.1, 0.15) is 0 Å². The molecule has 1 unspecified atom stereocenters. The van der Waals surface area contributed by atoms with Crippen LogP contribution in [0, 0.1) is 0 Å². The summed E-state index contributed by atoms with van der Waals surface area (Å²) in [6.45, 7) is 6.45. The normalized spacial score (nSPS) is 26.2. The predicted octanol–water partition coefficient (Wildman–Crippen LogP) is 1.10. The predicted molar refractivity (Wildman–Crippen MR) is 53.9 cm³/mol. The van der Waals surface area contributed by atoms with Crippen LogP contribution in [0.15, 0.2) is 4.99 Å². The summed E-state index contributed by atoms with van der Waals surface area (Å²) in [6, 6.07) is 0.570. The van der Waals surface area contributed by atoms with E-state index in [0.717, 1.165) is 30.7 Å². The summed E-state index contributed by atoms with van der Waals surface area (Å²) in [6.07, 6.45) is 0. The number of nitrogens with one attached hydrogen (secondary N) is 1. The summed E-state index contributed by atoms with van der Waals surface area (Å²) in [4.78, 5) is 4.35. The highest BCUT2D eigenvalue weighted by Crippen LogP contribution is 2.12. The molecule has 0 radical (unpaired) electrons. The number of thioether (sulfide) groups is 1. The van der Waals surface area contributed by atoms with Crippen LogP contribution in [0.4, 0.5) is 0 Å². The van der Waals surface area contributed by atoms with E-state index in [4.69, 9.17) is 4.74 Å². The molecule has 0 amide bonds. The van der Waals surface area contributed by atoms with E-state index in [1.165, 1.54) is 0 Å². The van der Waals surface area contributed by atoms with Gasteiger partial charge in [-0.2, -0.15) is 0 Å². The van der Waals surface area contributed by atoms with Crippen molar-refractivity contribution >= 4 is 16.9 Å². The summed E-state index contributed by atoms with van der Waals surface area (Å²) in [7, 11) is 0. The van der Waals surface area contributed by atoms with Crippen molar-refractivity contribution < 1.29 is 4.74 Å². The van der Waals surface area contributed by atoms with Gasteiger partial charge in [0.15, 0.2) is 5.17 Å². The fourth-order valence-corrected chi connectivity index (χ4v) is 1.90. The van der Waals surface area contributed by atoms with Crippen molar-refractivity contribution in [1.29, 1.82) is 0 Å². The lowest BCUT2D eigenvalue weighted by Gasteiger charge is -2.00. The molecule has 0 aliphatic carbocycles. The third-order valence-electron chi connectivity index (χ3n) is 1.54. The molecule has 1 aliphatic rings. The first-order chi connectivity index (χ1) is 5.83. The van der Waals surface area contributed by atoms with Gasteiger partial charge in [-0.15, -0.1) is 0 Å². The smallest absolute Gasteiger partial charge is 0.156 e. The van der Waals surface area contributed by atoms with Gasteiger partial charge in [0.05, 0.1) is 13.2 Å². The average molecular weight is 188 g/mol. The molecule has 4 heteroatoms. The topological polar surface area (TPSA) is 33.6 Å². The maximum absolute atomic E-state index is 5.18. The Morgan fingerprint density at radius 1 is 1.75 bits per heavy atom. The van der Waals surface area contributed by atoms with E-state index in [0.29, 0.717) is 6.04 Å². The number of amidine groups is 1. The number of hydrogen-bond donors (Lipinski definition) is 1. The van der Waals surface area contributed by atoms with E-state index >= 15 is 0 Å². The minimum Gasteiger partial charge on any atom is -0.380 e. The molecule has 1 fully saturated rings. The van der Waals surface area contributed by atoms with Crippen LogP contribution in [0.5, 0.6) is 0 Å². The maximum Gasteiger partial charge on any atom is 0.156 e. The minimum atomic E-state index is 0.570. The molecule has 0 bridgehead atoms. The summed E-state index contributed by atoms with van der Waals surface area (Å²) in [5, 5.41) is 4.36. The Morgan fingerprint density at radius 3 is 3.17 bits per heavy atom. The number of hydrogen-bond acceptors (Lipinski definition) is 3. The monoisotopic (exact) mass is 188 g/mol. The van der Waals surface area contributed by atoms with Gasteiger partial charge in [0.25, 0.3) is 0 Å². The highest BCUT2D eigenvalue weighted by molar-refractivity contribution is 8.14. The van der Waals surface area contributed by atoms with Gasteiger partial charge in [-0.05, 0) is 13.8 Å². The molecule has 1 saturated heterocycles. The van der Waals surface area contributed by atoms with Gasteiger partial charge >= 0.3 is 0 Å². The second kappa shape index (κ2) is 5.43. The van der Waals surface area contributed by atoms with Crippen LogP contribution in [-0.2, 0) is 4.74 Å². The number of rotatable bonds is 4. The Morgan fingerprint density at radius 2 is 2.58 bits per heavy atom. The SMILES string of the molecule is CCOCCN=C1NC(C)CS1.